The highest BCUT2D eigenvalue weighted by Crippen LogP contribution is 2.19. The minimum atomic E-state index is -0.256. The van der Waals surface area contributed by atoms with E-state index in [1.165, 1.54) is 0 Å². The van der Waals surface area contributed by atoms with Gasteiger partial charge in [-0.2, -0.15) is 0 Å². The smallest absolute Gasteiger partial charge is 0.254 e. The summed E-state index contributed by atoms with van der Waals surface area (Å²) in [6, 6.07) is 7.37. The van der Waals surface area contributed by atoms with Gasteiger partial charge in [0.2, 0.25) is 11.8 Å². The van der Waals surface area contributed by atoms with Gasteiger partial charge in [0.25, 0.3) is 5.91 Å². The first kappa shape index (κ1) is 22.6. The number of amides is 3. The molecule has 2 heterocycles. The van der Waals surface area contributed by atoms with Crippen LogP contribution in [-0.2, 0) is 16.1 Å². The van der Waals surface area contributed by atoms with E-state index >= 15 is 0 Å². The van der Waals surface area contributed by atoms with E-state index in [4.69, 9.17) is 10.7 Å². The Labute approximate surface area is 183 Å². The van der Waals surface area contributed by atoms with Crippen molar-refractivity contribution in [2.24, 2.45) is 16.6 Å². The van der Waals surface area contributed by atoms with E-state index in [1.807, 2.05) is 19.1 Å². The number of aliphatic imine (C=N–C) groups is 1. The van der Waals surface area contributed by atoms with Gasteiger partial charge in [-0.1, -0.05) is 12.1 Å². The van der Waals surface area contributed by atoms with Gasteiger partial charge < -0.3 is 26.2 Å². The second-order valence-corrected chi connectivity index (χ2v) is 8.07. The molecule has 2 aliphatic heterocycles. The molecule has 0 bridgehead atoms. The number of hydrogen-bond donors (Lipinski definition) is 3. The lowest BCUT2D eigenvalue weighted by Crippen LogP contribution is -2.49. The van der Waals surface area contributed by atoms with E-state index in [0.29, 0.717) is 31.6 Å². The standard InChI is InChI=1S/C22H32N6O3/c1-2-24-22(28-10-3-4-17(14-28)12-19(23)29)26-13-16-5-7-18(8-6-16)21(31)27-11-9-25-20(30)15-27/h5-8,17H,2-4,9-15H2,1H3,(H2,23,29)(H,24,26)(H,25,30). The minimum absolute atomic E-state index is 0.101. The Hall–Kier alpha value is -3.10. The molecule has 3 rings (SSSR count). The quantitative estimate of drug-likeness (QED) is 0.445. The maximum absolute atomic E-state index is 12.6. The Morgan fingerprint density at radius 2 is 2.00 bits per heavy atom. The Balaban J connectivity index is 1.62. The number of carbonyl (C=O) groups is 3. The van der Waals surface area contributed by atoms with Gasteiger partial charge >= 0.3 is 0 Å². The molecule has 0 spiro atoms. The van der Waals surface area contributed by atoms with Gasteiger partial charge in [0.05, 0.1) is 13.1 Å². The summed E-state index contributed by atoms with van der Waals surface area (Å²) in [6.07, 6.45) is 2.42. The zero-order valence-electron chi connectivity index (χ0n) is 18.1. The van der Waals surface area contributed by atoms with Crippen LogP contribution in [0.25, 0.3) is 0 Å². The first-order valence-electron chi connectivity index (χ1n) is 10.9. The monoisotopic (exact) mass is 428 g/mol. The van der Waals surface area contributed by atoms with Gasteiger partial charge in [0.15, 0.2) is 5.96 Å². The molecule has 0 saturated carbocycles. The van der Waals surface area contributed by atoms with E-state index in [1.54, 1.807) is 17.0 Å². The SMILES string of the molecule is CCNC(=NCc1ccc(C(=O)N2CCNC(=O)C2)cc1)N1CCCC(CC(N)=O)C1. The number of rotatable bonds is 6. The third kappa shape index (κ3) is 6.44. The largest absolute Gasteiger partial charge is 0.370 e. The fraction of sp³-hybridized carbons (Fsp3) is 0.545. The first-order valence-corrected chi connectivity index (χ1v) is 10.9. The van der Waals surface area contributed by atoms with Crippen LogP contribution in [0, 0.1) is 5.92 Å². The summed E-state index contributed by atoms with van der Waals surface area (Å²) in [5.41, 5.74) is 6.94. The zero-order chi connectivity index (χ0) is 22.2. The maximum atomic E-state index is 12.6. The molecule has 0 aliphatic carbocycles. The number of carbonyl (C=O) groups excluding carboxylic acids is 3. The summed E-state index contributed by atoms with van der Waals surface area (Å²) in [5.74, 6) is 0.575. The van der Waals surface area contributed by atoms with Gasteiger partial charge in [-0.25, -0.2) is 4.99 Å². The molecule has 1 unspecified atom stereocenters. The van der Waals surface area contributed by atoms with Crippen molar-refractivity contribution >= 4 is 23.7 Å². The lowest BCUT2D eigenvalue weighted by Gasteiger charge is -2.34. The number of nitrogens with zero attached hydrogens (tertiary/aromatic N) is 3. The lowest BCUT2D eigenvalue weighted by atomic mass is 9.95. The second-order valence-electron chi connectivity index (χ2n) is 8.07. The molecule has 1 atom stereocenters. The van der Waals surface area contributed by atoms with Crippen LogP contribution in [0.5, 0.6) is 0 Å². The van der Waals surface area contributed by atoms with Crippen LogP contribution in [-0.4, -0.2) is 72.7 Å². The molecule has 1 aromatic rings. The van der Waals surface area contributed by atoms with Crippen molar-refractivity contribution < 1.29 is 14.4 Å². The number of benzene rings is 1. The average Bonchev–Trinajstić information content (AvgIpc) is 2.76. The van der Waals surface area contributed by atoms with Crippen molar-refractivity contribution in [3.63, 3.8) is 0 Å². The van der Waals surface area contributed by atoms with Gasteiger partial charge in [0.1, 0.15) is 0 Å². The Morgan fingerprint density at radius 1 is 1.23 bits per heavy atom. The van der Waals surface area contributed by atoms with Crippen LogP contribution in [0.4, 0.5) is 0 Å². The maximum Gasteiger partial charge on any atom is 0.254 e. The molecule has 0 aromatic heterocycles. The topological polar surface area (TPSA) is 120 Å². The third-order valence-electron chi connectivity index (χ3n) is 5.58. The molecule has 9 heteroatoms. The third-order valence-corrected chi connectivity index (χ3v) is 5.58. The van der Waals surface area contributed by atoms with Crippen molar-refractivity contribution in [3.8, 4) is 0 Å². The lowest BCUT2D eigenvalue weighted by molar-refractivity contribution is -0.123. The molecule has 168 valence electrons. The molecule has 4 N–H and O–H groups in total. The second kappa shape index (κ2) is 10.8. The molecule has 3 amide bonds. The number of piperidine rings is 1. The van der Waals surface area contributed by atoms with Crippen LogP contribution >= 0.6 is 0 Å². The van der Waals surface area contributed by atoms with Gasteiger partial charge in [-0.15, -0.1) is 0 Å². The summed E-state index contributed by atoms with van der Waals surface area (Å²) < 4.78 is 0. The number of piperazine rings is 1. The van der Waals surface area contributed by atoms with Crippen molar-refractivity contribution in [1.29, 1.82) is 0 Å². The Bertz CT molecular complexity index is 823. The molecule has 9 nitrogen and oxygen atoms in total. The number of nitrogens with two attached hydrogens (primary N) is 1. The summed E-state index contributed by atoms with van der Waals surface area (Å²) in [7, 11) is 0. The number of hydrogen-bond acceptors (Lipinski definition) is 4. The molecule has 31 heavy (non-hydrogen) atoms. The Kier molecular flexibility index (Phi) is 7.86. The highest BCUT2D eigenvalue weighted by Gasteiger charge is 2.24. The van der Waals surface area contributed by atoms with Crippen LogP contribution in [0.2, 0.25) is 0 Å². The van der Waals surface area contributed by atoms with Crippen LogP contribution in [0.1, 0.15) is 42.1 Å². The van der Waals surface area contributed by atoms with E-state index < -0.39 is 0 Å². The van der Waals surface area contributed by atoms with Crippen LogP contribution in [0.15, 0.2) is 29.3 Å². The highest BCUT2D eigenvalue weighted by molar-refractivity contribution is 5.97. The fourth-order valence-electron chi connectivity index (χ4n) is 4.05. The van der Waals surface area contributed by atoms with E-state index in [9.17, 15) is 14.4 Å². The van der Waals surface area contributed by atoms with Crippen molar-refractivity contribution in [2.45, 2.75) is 32.7 Å². The average molecular weight is 429 g/mol. The van der Waals surface area contributed by atoms with E-state index in [0.717, 1.165) is 44.0 Å². The predicted octanol–water partition coefficient (Wildman–Crippen LogP) is 0.312. The number of likely N-dealkylation sites (tertiary alicyclic amines) is 1. The molecule has 2 saturated heterocycles. The number of nitrogens with one attached hydrogen (secondary N) is 2. The minimum Gasteiger partial charge on any atom is -0.370 e. The van der Waals surface area contributed by atoms with Crippen molar-refractivity contribution in [2.75, 3.05) is 39.3 Å². The van der Waals surface area contributed by atoms with Crippen molar-refractivity contribution in [3.05, 3.63) is 35.4 Å². The molecule has 2 fully saturated rings. The molecular formula is C22H32N6O3. The molecule has 0 radical (unpaired) electrons. The van der Waals surface area contributed by atoms with Gasteiger partial charge in [-0.3, -0.25) is 14.4 Å². The summed E-state index contributed by atoms with van der Waals surface area (Å²) in [4.78, 5) is 43.9. The number of guanidine groups is 1. The zero-order valence-corrected chi connectivity index (χ0v) is 18.1. The molecule has 1 aromatic carbocycles. The van der Waals surface area contributed by atoms with Crippen molar-refractivity contribution in [1.82, 2.24) is 20.4 Å². The molecular weight excluding hydrogens is 396 g/mol. The highest BCUT2D eigenvalue weighted by atomic mass is 16.2. The normalized spacial score (nSPS) is 19.7. The molecule has 2 aliphatic rings. The van der Waals surface area contributed by atoms with Crippen LogP contribution in [0.3, 0.4) is 0 Å². The number of primary amides is 1. The van der Waals surface area contributed by atoms with Gasteiger partial charge in [-0.05, 0) is 43.4 Å². The summed E-state index contributed by atoms with van der Waals surface area (Å²) in [6.45, 7) is 6.05. The summed E-state index contributed by atoms with van der Waals surface area (Å²) >= 11 is 0. The predicted molar refractivity (Wildman–Crippen MR) is 118 cm³/mol. The van der Waals surface area contributed by atoms with Gasteiger partial charge in [0, 0.05) is 44.7 Å². The van der Waals surface area contributed by atoms with E-state index in [2.05, 4.69) is 15.5 Å². The first-order chi connectivity index (χ1) is 15.0. The Morgan fingerprint density at radius 3 is 2.68 bits per heavy atom. The van der Waals surface area contributed by atoms with E-state index in [-0.39, 0.29) is 30.2 Å². The summed E-state index contributed by atoms with van der Waals surface area (Å²) in [5, 5.41) is 6.06. The fourth-order valence-corrected chi connectivity index (χ4v) is 4.05. The van der Waals surface area contributed by atoms with Crippen LogP contribution < -0.4 is 16.4 Å².